The number of H-pyrrole nitrogens is 1. The third-order valence-electron chi connectivity index (χ3n) is 2.25. The first kappa shape index (κ1) is 14.6. The second-order valence-corrected chi connectivity index (χ2v) is 5.20. The molecule has 0 spiro atoms. The minimum atomic E-state index is -3.80. The molecule has 1 aromatic heterocycles. The smallest absolute Gasteiger partial charge is 0.334 e. The van der Waals surface area contributed by atoms with Gasteiger partial charge in [0.2, 0.25) is 0 Å². The molecule has 1 aromatic rings. The number of carboxylic acid groups (broad SMARTS) is 1. The number of ether oxygens (including phenoxy) is 1. The van der Waals surface area contributed by atoms with Crippen LogP contribution in [0, 0.1) is 0 Å². The summed E-state index contributed by atoms with van der Waals surface area (Å²) in [6, 6.07) is 0. The number of hydrogen-bond donors (Lipinski definition) is 3. The highest BCUT2D eigenvalue weighted by atomic mass is 32.2. The first-order chi connectivity index (χ1) is 8.40. The van der Waals surface area contributed by atoms with Crippen LogP contribution in [0.15, 0.2) is 11.2 Å². The number of methoxy groups -OCH3 is 1. The Morgan fingerprint density at radius 1 is 1.67 bits per heavy atom. The molecule has 0 fully saturated rings. The summed E-state index contributed by atoms with van der Waals surface area (Å²) in [6.07, 6.45) is 0.531. The van der Waals surface area contributed by atoms with Crippen LogP contribution in [-0.4, -0.2) is 49.2 Å². The van der Waals surface area contributed by atoms with Crippen molar-refractivity contribution < 1.29 is 23.1 Å². The Morgan fingerprint density at radius 3 is 2.78 bits per heavy atom. The normalized spacial score (nSPS) is 13.4. The number of aryl methyl sites for hydroxylation is 1. The molecule has 1 heterocycles. The van der Waals surface area contributed by atoms with Crippen LogP contribution < -0.4 is 4.72 Å². The summed E-state index contributed by atoms with van der Waals surface area (Å²) in [6.45, 7) is 1.47. The zero-order chi connectivity index (χ0) is 13.8. The lowest BCUT2D eigenvalue weighted by molar-refractivity contribution is -0.147. The Labute approximate surface area is 104 Å². The van der Waals surface area contributed by atoms with Crippen molar-refractivity contribution in [1.29, 1.82) is 0 Å². The highest BCUT2D eigenvalue weighted by molar-refractivity contribution is 7.89. The first-order valence-corrected chi connectivity index (χ1v) is 6.68. The van der Waals surface area contributed by atoms with E-state index in [9.17, 15) is 13.2 Å². The lowest BCUT2D eigenvalue weighted by atomic mass is 10.4. The van der Waals surface area contributed by atoms with Gasteiger partial charge in [-0.15, -0.1) is 0 Å². The van der Waals surface area contributed by atoms with Gasteiger partial charge in [0, 0.05) is 20.1 Å². The van der Waals surface area contributed by atoms with E-state index >= 15 is 0 Å². The van der Waals surface area contributed by atoms with Crippen LogP contribution in [0.3, 0.4) is 0 Å². The standard InChI is InChI=1S/C9H15N3O5S/c1-3-7-10-5-8(12-7)18(15,16)11-4-6(17-2)9(13)14/h5-6,11H,3-4H2,1-2H3,(H,10,12)(H,13,14). The maximum Gasteiger partial charge on any atom is 0.334 e. The Hall–Kier alpha value is -1.45. The molecule has 0 aromatic carbocycles. The average molecular weight is 277 g/mol. The second kappa shape index (κ2) is 5.94. The molecule has 3 N–H and O–H groups in total. The Balaban J connectivity index is 2.73. The fraction of sp³-hybridized carbons (Fsp3) is 0.556. The molecule has 0 aliphatic heterocycles. The minimum Gasteiger partial charge on any atom is -0.479 e. The molecular formula is C9H15N3O5S. The van der Waals surface area contributed by atoms with Gasteiger partial charge in [-0.2, -0.15) is 0 Å². The van der Waals surface area contributed by atoms with E-state index in [1.54, 1.807) is 0 Å². The van der Waals surface area contributed by atoms with Gasteiger partial charge in [-0.3, -0.25) is 0 Å². The third-order valence-corrected chi connectivity index (χ3v) is 3.58. The van der Waals surface area contributed by atoms with Crippen molar-refractivity contribution in [2.45, 2.75) is 24.5 Å². The van der Waals surface area contributed by atoms with Crippen LogP contribution in [0.5, 0.6) is 0 Å². The van der Waals surface area contributed by atoms with Crippen LogP contribution in [0.25, 0.3) is 0 Å². The number of imidazole rings is 1. The molecule has 1 rings (SSSR count). The largest absolute Gasteiger partial charge is 0.479 e. The Morgan fingerprint density at radius 2 is 2.33 bits per heavy atom. The van der Waals surface area contributed by atoms with E-state index in [0.717, 1.165) is 0 Å². The summed E-state index contributed by atoms with van der Waals surface area (Å²) in [7, 11) is -2.61. The van der Waals surface area contributed by atoms with E-state index in [1.807, 2.05) is 6.92 Å². The monoisotopic (exact) mass is 277 g/mol. The van der Waals surface area contributed by atoms with Crippen molar-refractivity contribution in [3.8, 4) is 0 Å². The van der Waals surface area contributed by atoms with Crippen molar-refractivity contribution >= 4 is 16.0 Å². The molecular weight excluding hydrogens is 262 g/mol. The first-order valence-electron chi connectivity index (χ1n) is 5.19. The summed E-state index contributed by atoms with van der Waals surface area (Å²) in [4.78, 5) is 17.1. The molecule has 0 radical (unpaired) electrons. The number of aromatic nitrogens is 2. The minimum absolute atomic E-state index is 0.0976. The molecule has 102 valence electrons. The van der Waals surface area contributed by atoms with Gasteiger partial charge in [0.05, 0.1) is 6.20 Å². The van der Waals surface area contributed by atoms with Gasteiger partial charge in [-0.25, -0.2) is 22.9 Å². The highest BCUT2D eigenvalue weighted by Crippen LogP contribution is 2.06. The lowest BCUT2D eigenvalue weighted by Gasteiger charge is -2.10. The fourth-order valence-corrected chi connectivity index (χ4v) is 2.16. The van der Waals surface area contributed by atoms with Gasteiger partial charge >= 0.3 is 5.97 Å². The molecule has 0 saturated heterocycles. The molecule has 1 atom stereocenters. The van der Waals surface area contributed by atoms with E-state index in [2.05, 4.69) is 19.4 Å². The van der Waals surface area contributed by atoms with Crippen molar-refractivity contribution in [3.05, 3.63) is 12.0 Å². The van der Waals surface area contributed by atoms with E-state index in [0.29, 0.717) is 12.2 Å². The number of aliphatic carboxylic acids is 1. The number of aromatic amines is 1. The van der Waals surface area contributed by atoms with Gasteiger partial charge in [-0.1, -0.05) is 6.92 Å². The Kier molecular flexibility index (Phi) is 4.82. The van der Waals surface area contributed by atoms with Crippen LogP contribution in [-0.2, 0) is 26.0 Å². The predicted octanol–water partition coefficient (Wildman–Crippen LogP) is -0.650. The van der Waals surface area contributed by atoms with Crippen molar-refractivity contribution in [2.24, 2.45) is 0 Å². The molecule has 1 unspecified atom stereocenters. The average Bonchev–Trinajstić information content (AvgIpc) is 2.78. The molecule has 0 aliphatic rings. The summed E-state index contributed by atoms with van der Waals surface area (Å²) in [5.41, 5.74) is 0. The molecule has 9 heteroatoms. The Bertz CT molecular complexity index is 510. The van der Waals surface area contributed by atoms with E-state index in [-0.39, 0.29) is 11.6 Å². The topological polar surface area (TPSA) is 121 Å². The van der Waals surface area contributed by atoms with Crippen molar-refractivity contribution in [2.75, 3.05) is 13.7 Å². The summed E-state index contributed by atoms with van der Waals surface area (Å²) in [5.74, 6) is -0.698. The zero-order valence-corrected chi connectivity index (χ0v) is 10.8. The number of nitrogens with zero attached hydrogens (tertiary/aromatic N) is 1. The van der Waals surface area contributed by atoms with Crippen LogP contribution in [0.1, 0.15) is 12.7 Å². The van der Waals surface area contributed by atoms with E-state index in [1.165, 1.54) is 13.3 Å². The number of rotatable bonds is 7. The maximum absolute atomic E-state index is 11.8. The zero-order valence-electron chi connectivity index (χ0n) is 10.0. The molecule has 0 aliphatic carbocycles. The lowest BCUT2D eigenvalue weighted by Crippen LogP contribution is -2.37. The number of nitrogens with one attached hydrogen (secondary N) is 2. The summed E-state index contributed by atoms with van der Waals surface area (Å²) < 4.78 is 30.3. The number of sulfonamides is 1. The maximum atomic E-state index is 11.8. The number of hydrogen-bond acceptors (Lipinski definition) is 5. The van der Waals surface area contributed by atoms with Gasteiger partial charge in [-0.05, 0) is 0 Å². The highest BCUT2D eigenvalue weighted by Gasteiger charge is 2.22. The molecule has 0 amide bonds. The van der Waals surface area contributed by atoms with E-state index in [4.69, 9.17) is 5.11 Å². The molecule has 0 saturated carbocycles. The SMILES string of the molecule is CCc1ncc(S(=O)(=O)NCC(OC)C(=O)O)[nH]1. The van der Waals surface area contributed by atoms with Crippen molar-refractivity contribution in [3.63, 3.8) is 0 Å². The summed E-state index contributed by atoms with van der Waals surface area (Å²) >= 11 is 0. The van der Waals surface area contributed by atoms with Crippen LogP contribution in [0.4, 0.5) is 0 Å². The fourth-order valence-electron chi connectivity index (χ4n) is 1.19. The van der Waals surface area contributed by atoms with E-state index < -0.39 is 22.1 Å². The predicted molar refractivity (Wildman–Crippen MR) is 61.6 cm³/mol. The van der Waals surface area contributed by atoms with Gasteiger partial charge in [0.15, 0.2) is 11.1 Å². The number of carboxylic acids is 1. The van der Waals surface area contributed by atoms with Gasteiger partial charge in [0.25, 0.3) is 10.0 Å². The molecule has 8 nitrogen and oxygen atoms in total. The molecule has 18 heavy (non-hydrogen) atoms. The third kappa shape index (κ3) is 3.52. The molecule has 0 bridgehead atoms. The van der Waals surface area contributed by atoms with Gasteiger partial charge < -0.3 is 14.8 Å². The van der Waals surface area contributed by atoms with Gasteiger partial charge in [0.1, 0.15) is 5.82 Å². The number of carbonyl (C=O) groups is 1. The summed E-state index contributed by atoms with van der Waals surface area (Å²) in [5, 5.41) is 8.61. The van der Waals surface area contributed by atoms with Crippen LogP contribution >= 0.6 is 0 Å². The second-order valence-electron chi connectivity index (χ2n) is 3.46. The van der Waals surface area contributed by atoms with Crippen LogP contribution in [0.2, 0.25) is 0 Å². The quantitative estimate of drug-likeness (QED) is 0.609. The van der Waals surface area contributed by atoms with Crippen molar-refractivity contribution in [1.82, 2.24) is 14.7 Å².